The Morgan fingerprint density at radius 1 is 0.772 bits per heavy atom. The molecule has 22 nitrogen and oxygen atoms in total. The summed E-state index contributed by atoms with van der Waals surface area (Å²) in [5, 5.41) is 20.5. The van der Waals surface area contributed by atoms with E-state index >= 15 is 0 Å². The Morgan fingerprint density at radius 2 is 1.43 bits per heavy atom. The van der Waals surface area contributed by atoms with Crippen LogP contribution in [0.1, 0.15) is 138 Å². The predicted molar refractivity (Wildman–Crippen MR) is 440 cm³/mol. The van der Waals surface area contributed by atoms with E-state index in [1.54, 1.807) is 23.5 Å². The van der Waals surface area contributed by atoms with Gasteiger partial charge in [-0.3, -0.25) is 33.8 Å². The van der Waals surface area contributed by atoms with Crippen molar-refractivity contribution < 1.29 is 63.8 Å². The minimum atomic E-state index is -6.11. The molecule has 5 saturated heterocycles. The normalized spacial score (nSPS) is 21.7. The lowest BCUT2D eigenvalue weighted by Gasteiger charge is -2.44. The van der Waals surface area contributed by atoms with E-state index in [0.717, 1.165) is 134 Å². The first-order valence-electron chi connectivity index (χ1n) is 39.7. The Labute approximate surface area is 681 Å². The Balaban J connectivity index is 0.583. The van der Waals surface area contributed by atoms with Gasteiger partial charge in [0, 0.05) is 156 Å². The number of fused-ring (bicyclic) bond motifs is 1. The summed E-state index contributed by atoms with van der Waals surface area (Å²) < 4.78 is 105. The average Bonchev–Trinajstić information content (AvgIpc) is 0.943. The third kappa shape index (κ3) is 21.8. The van der Waals surface area contributed by atoms with Crippen LogP contribution in [0.25, 0.3) is 16.0 Å². The largest absolute Gasteiger partial charge is 0.501 e. The quantitative estimate of drug-likeness (QED) is 0.0200. The number of likely N-dealkylation sites (tertiary alicyclic amines) is 2. The van der Waals surface area contributed by atoms with E-state index in [-0.39, 0.29) is 54.1 Å². The van der Waals surface area contributed by atoms with E-state index in [1.165, 1.54) is 39.9 Å². The van der Waals surface area contributed by atoms with Gasteiger partial charge < -0.3 is 45.4 Å². The van der Waals surface area contributed by atoms with Gasteiger partial charge in [-0.05, 0) is 152 Å². The van der Waals surface area contributed by atoms with Crippen molar-refractivity contribution in [3.05, 3.63) is 160 Å². The Bertz CT molecular complexity index is 4610. The maximum atomic E-state index is 14.5. The number of ether oxygens (including phenoxy) is 1. The highest BCUT2D eigenvalue weighted by Gasteiger charge is 2.50. The number of thiazole rings is 1. The number of benzene rings is 5. The van der Waals surface area contributed by atoms with Gasteiger partial charge in [-0.1, -0.05) is 112 Å². The number of thioether (sulfide) groups is 1. The molecule has 8 atom stereocenters. The molecule has 0 bridgehead atoms. The van der Waals surface area contributed by atoms with Crippen LogP contribution in [0.3, 0.4) is 0 Å². The second-order valence-electron chi connectivity index (χ2n) is 33.0. The fraction of sp³-hybridized carbons (Fsp3) is 0.524. The van der Waals surface area contributed by atoms with Crippen molar-refractivity contribution in [2.45, 2.75) is 163 Å². The number of carbonyl (C=O) groups excluding carboxylic acids is 5. The number of aromatic nitrogens is 1. The van der Waals surface area contributed by atoms with Crippen molar-refractivity contribution in [3.8, 4) is 10.4 Å². The number of aliphatic hydroxyl groups is 1. The van der Waals surface area contributed by atoms with Crippen LogP contribution in [0.5, 0.6) is 0 Å². The number of rotatable bonds is 31. The molecule has 5 N–H and O–H groups in total. The number of alkyl halides is 3. The number of unbranched alkanes of at least 4 members (excludes halogenated alkanes) is 3. The molecule has 1 aliphatic carbocycles. The highest BCUT2D eigenvalue weighted by Crippen LogP contribution is 2.45. The molecule has 0 radical (unpaired) electrons. The zero-order chi connectivity index (χ0) is 81.3. The molecule has 6 heterocycles. The van der Waals surface area contributed by atoms with E-state index in [4.69, 9.17) is 16.3 Å². The zero-order valence-corrected chi connectivity index (χ0v) is 69.8. The van der Waals surface area contributed by atoms with Gasteiger partial charge in [-0.25, -0.2) is 26.5 Å². The van der Waals surface area contributed by atoms with Crippen molar-refractivity contribution in [2.75, 3.05) is 121 Å². The lowest BCUT2D eigenvalue weighted by molar-refractivity contribution is -0.144. The number of amides is 5. The summed E-state index contributed by atoms with van der Waals surface area (Å²) in [7, 11) is -11.0. The molecule has 5 aromatic carbocycles. The molecule has 0 unspecified atom stereocenters. The van der Waals surface area contributed by atoms with Crippen molar-refractivity contribution in [3.63, 3.8) is 0 Å². The first kappa shape index (κ1) is 85.9. The van der Waals surface area contributed by atoms with Crippen molar-refractivity contribution in [1.82, 2.24) is 44.8 Å². The minimum absolute atomic E-state index is 0.0207. The first-order chi connectivity index (χ1) is 54.3. The second kappa shape index (κ2) is 37.4. The smallest absolute Gasteiger partial charge is 0.391 e. The second-order valence-corrected chi connectivity index (χ2v) is 38.9. The van der Waals surface area contributed by atoms with Crippen LogP contribution in [0.4, 0.5) is 24.5 Å². The van der Waals surface area contributed by atoms with Crippen LogP contribution >= 0.6 is 34.7 Å². The van der Waals surface area contributed by atoms with Crippen molar-refractivity contribution in [2.24, 2.45) is 22.7 Å². The van der Waals surface area contributed by atoms with Gasteiger partial charge in [-0.2, -0.15) is 13.2 Å². The Morgan fingerprint density at radius 3 is 2.08 bits per heavy atom. The molecule has 5 amide bonds. The van der Waals surface area contributed by atoms with E-state index in [9.17, 15) is 59.1 Å². The van der Waals surface area contributed by atoms with Gasteiger partial charge in [0.25, 0.3) is 25.8 Å². The molecule has 6 aromatic rings. The maximum absolute atomic E-state index is 14.5. The van der Waals surface area contributed by atoms with Crippen LogP contribution in [0.2, 0.25) is 5.02 Å². The molecule has 0 saturated carbocycles. The number of nitrogens with zero attached hydrogens (tertiary/aromatic N) is 7. The van der Waals surface area contributed by atoms with Crippen LogP contribution in [0.15, 0.2) is 147 Å². The summed E-state index contributed by atoms with van der Waals surface area (Å²) in [6, 6.07) is 31.5. The molecule has 5 aliphatic heterocycles. The van der Waals surface area contributed by atoms with Crippen molar-refractivity contribution >= 4 is 101 Å². The first-order valence-corrected chi connectivity index (χ1v) is 44.9. The number of carbonyl (C=O) groups is 5. The summed E-state index contributed by atoms with van der Waals surface area (Å²) >= 11 is 9.43. The highest BCUT2D eigenvalue weighted by atomic mass is 35.5. The lowest BCUT2D eigenvalue weighted by Crippen LogP contribution is -2.57. The number of sulfone groups is 1. The molecule has 6 aliphatic rings. The van der Waals surface area contributed by atoms with Crippen LogP contribution in [0, 0.1) is 29.6 Å². The Hall–Kier alpha value is -7.45. The summed E-state index contributed by atoms with van der Waals surface area (Å²) in [5.74, 6) is -0.827. The van der Waals surface area contributed by atoms with E-state index < -0.39 is 82.3 Å². The number of anilines is 2. The molecule has 5 fully saturated rings. The predicted octanol–water partition coefficient (Wildman–Crippen LogP) is 12.3. The van der Waals surface area contributed by atoms with Gasteiger partial charge in [0.15, 0.2) is 0 Å². The molecule has 30 heteroatoms. The number of β-amino-alcohol motifs (C(OH)–C–C–N with tert-alkyl or cyclic N) is 1. The van der Waals surface area contributed by atoms with E-state index in [0.29, 0.717) is 100 Å². The van der Waals surface area contributed by atoms with Gasteiger partial charge in [0.2, 0.25) is 23.6 Å². The van der Waals surface area contributed by atoms with Gasteiger partial charge >= 0.3 is 5.51 Å². The summed E-state index contributed by atoms with van der Waals surface area (Å²) in [5.41, 5.74) is 2.40. The molecular formula is C84H107ClF3N11O11S4. The SMILES string of the molecule is Cc1ncsc1-c1ccc([C@H](C)NC(=O)[C@@H]2C[C@@H](O)CN2C(=O)[C@@H](NC(=O)CCCCCCC(=O)N2CCN(C[C@]3(C)CCC(c4ccc(Cl)cc4)=C(CN4CCN(c5ccc(C(=O)NS(=O)(=O)c6ccc(N[C@H](CCN7C[C@H]8COC[C@H]8C7)CSc7ccccc7)c(S(=O)(=O)C(F)(F)F)c6)cc5)CC4)C3)CC2)C(C)(C)C)cc1. The summed E-state index contributed by atoms with van der Waals surface area (Å²) in [6.45, 7) is 22.6. The summed E-state index contributed by atoms with van der Waals surface area (Å²) in [4.78, 5) is 86.0. The zero-order valence-electron chi connectivity index (χ0n) is 65.8. The third-order valence-corrected chi connectivity index (χ3v) is 28.5. The minimum Gasteiger partial charge on any atom is -0.391 e. The average molecular weight is 1670 g/mol. The standard InChI is InChI=1S/C84H107ClF3N11O11S4/c1-56(58-18-20-60(21-19-58)77-57(2)89-55-112-77)90-80(104)73-44-68(100)50-99(73)81(105)78(82(3,4)5)92-75(101)16-12-7-8-13-17-76(102)98-42-38-95(39-43-98)54-83(6)34-32-71(59-22-26-65(85)27-23-59)62(46-83)47-94-36-40-97(41-37-94)67-28-24-61(25-29-67)79(103)93-114(108,109)70-30-31-72(74(45-70)113(106,107)84(86,87)88)91-66(53-111-69-14-10-9-11-15-69)33-35-96-48-63-51-110-52-64(63)49-96/h9-11,14-15,18-31,45,55-56,63-64,66,68,73,78,91,100H,7-8,12-13,16-17,32-44,46-54H2,1-6H3,(H,90,104)(H,92,101)(H,93,103)/t56-,63-,64+,66+,68+,73-,78+,83+/m0/s1. The molecule has 1 aromatic heterocycles. The number of aliphatic hydroxyl groups excluding tert-OH is 1. The monoisotopic (exact) mass is 1670 g/mol. The number of hydrogen-bond donors (Lipinski definition) is 5. The number of piperazine rings is 2. The number of nitrogens with one attached hydrogen (secondary N) is 4. The molecule has 114 heavy (non-hydrogen) atoms. The lowest BCUT2D eigenvalue weighted by atomic mass is 9.71. The highest BCUT2D eigenvalue weighted by molar-refractivity contribution is 7.99. The number of halogens is 4. The number of sulfonamides is 1. The molecular weight excluding hydrogens is 1560 g/mol. The third-order valence-electron chi connectivity index (χ3n) is 23.2. The van der Waals surface area contributed by atoms with Gasteiger partial charge in [-0.15, -0.1) is 23.1 Å². The molecule has 616 valence electrons. The number of aryl methyl sites for hydroxylation is 1. The topological polar surface area (TPSA) is 264 Å². The van der Waals surface area contributed by atoms with Crippen LogP contribution in [-0.4, -0.2) is 221 Å². The summed E-state index contributed by atoms with van der Waals surface area (Å²) in [6.07, 6.45) is 5.80. The molecule has 0 spiro atoms. The molecule has 12 rings (SSSR count). The van der Waals surface area contributed by atoms with E-state index in [2.05, 4.69) is 59.6 Å². The van der Waals surface area contributed by atoms with Crippen molar-refractivity contribution in [1.29, 1.82) is 0 Å². The maximum Gasteiger partial charge on any atom is 0.501 e. The van der Waals surface area contributed by atoms with Crippen LogP contribution < -0.4 is 25.6 Å². The van der Waals surface area contributed by atoms with Gasteiger partial charge in [0.1, 0.15) is 17.0 Å². The van der Waals surface area contributed by atoms with E-state index in [1.807, 2.05) is 116 Å². The Kier molecular flexibility index (Phi) is 28.2. The number of hydrogen-bond acceptors (Lipinski definition) is 19. The fourth-order valence-electron chi connectivity index (χ4n) is 16.7. The fourth-order valence-corrected chi connectivity index (χ4v) is 20.6. The van der Waals surface area contributed by atoms with Crippen LogP contribution in [-0.2, 0) is 43.8 Å². The van der Waals surface area contributed by atoms with Gasteiger partial charge in [0.05, 0.1) is 52.0 Å². The number of allylic oxidation sites excluding steroid dienone is 1.